The maximum atomic E-state index is 15.8. The van der Waals surface area contributed by atoms with Crippen LogP contribution < -0.4 is 4.74 Å². The second-order valence-electron chi connectivity index (χ2n) is 11.5. The van der Waals surface area contributed by atoms with Crippen LogP contribution in [0.15, 0.2) is 42.0 Å². The van der Waals surface area contributed by atoms with Crippen molar-refractivity contribution in [1.82, 2.24) is 4.90 Å². The van der Waals surface area contributed by atoms with Gasteiger partial charge in [-0.25, -0.2) is 18.0 Å². The van der Waals surface area contributed by atoms with Crippen molar-refractivity contribution >= 4 is 11.5 Å². The highest BCUT2D eigenvalue weighted by Crippen LogP contribution is 2.50. The number of nitrogens with zero attached hydrogens (tertiary/aromatic N) is 1. The summed E-state index contributed by atoms with van der Waals surface area (Å²) in [5.41, 5.74) is 2.68. The average Bonchev–Trinajstić information content (AvgIpc) is 3.28. The Morgan fingerprint density at radius 1 is 1.02 bits per heavy atom. The SMILES string of the molecule is CCOC(=O)COCCCCOCCOc1cc(F)c([C@@H]2C3=C(C[C@@H](C)N2CC(C)(C)F)c2ccccc2C3)c(F)c1. The topological polar surface area (TPSA) is 57.2 Å². The molecule has 2 atom stereocenters. The fraction of sp³-hybridized carbons (Fsp3) is 0.545. The number of fused-ring (bicyclic) bond motifs is 2. The Morgan fingerprint density at radius 2 is 1.71 bits per heavy atom. The Hall–Kier alpha value is -2.88. The van der Waals surface area contributed by atoms with Gasteiger partial charge < -0.3 is 18.9 Å². The van der Waals surface area contributed by atoms with Crippen LogP contribution in [0, 0.1) is 11.6 Å². The summed E-state index contributed by atoms with van der Waals surface area (Å²) >= 11 is 0. The second-order valence-corrected chi connectivity index (χ2v) is 11.5. The first-order chi connectivity index (χ1) is 20.1. The highest BCUT2D eigenvalue weighted by atomic mass is 19.1. The first kappa shape index (κ1) is 32.0. The molecule has 0 N–H and O–H groups in total. The molecule has 1 heterocycles. The Balaban J connectivity index is 1.37. The summed E-state index contributed by atoms with van der Waals surface area (Å²) in [4.78, 5) is 13.1. The number of ether oxygens (including phenoxy) is 4. The molecule has 0 spiro atoms. The number of halogens is 3. The van der Waals surface area contributed by atoms with Crippen LogP contribution >= 0.6 is 0 Å². The predicted molar refractivity (Wildman–Crippen MR) is 155 cm³/mol. The molecule has 2 aromatic rings. The van der Waals surface area contributed by atoms with Crippen molar-refractivity contribution in [2.24, 2.45) is 0 Å². The highest BCUT2D eigenvalue weighted by molar-refractivity contribution is 5.79. The number of carbonyl (C=O) groups excluding carboxylic acids is 1. The van der Waals surface area contributed by atoms with Gasteiger partial charge in [-0.15, -0.1) is 0 Å². The smallest absolute Gasteiger partial charge is 0.332 e. The largest absolute Gasteiger partial charge is 0.491 e. The number of carbonyl (C=O) groups is 1. The molecule has 0 radical (unpaired) electrons. The molecule has 0 saturated carbocycles. The van der Waals surface area contributed by atoms with Gasteiger partial charge in [0, 0.05) is 43.5 Å². The number of hydrogen-bond donors (Lipinski definition) is 0. The lowest BCUT2D eigenvalue weighted by atomic mass is 9.84. The molecule has 230 valence electrons. The first-order valence-electron chi connectivity index (χ1n) is 14.8. The summed E-state index contributed by atoms with van der Waals surface area (Å²) in [6.45, 7) is 8.32. The van der Waals surface area contributed by atoms with Crippen LogP contribution in [-0.4, -0.2) is 68.8 Å². The summed E-state index contributed by atoms with van der Waals surface area (Å²) in [6, 6.07) is 9.64. The standard InChI is InChI=1S/C33H42F3NO5/c1-5-41-30(38)20-40-13-9-8-12-39-14-15-42-24-18-28(34)31(29(35)19-24)32-27-17-23-10-6-7-11-25(23)26(27)16-22(2)37(32)21-33(3,4)36/h6-7,10-11,18-19,22,32H,5,8-9,12-17,20-21H2,1-4H3/t22-,32+/m1/s1. The monoisotopic (exact) mass is 589 g/mol. The van der Waals surface area contributed by atoms with Crippen molar-refractivity contribution in [2.45, 2.75) is 71.1 Å². The summed E-state index contributed by atoms with van der Waals surface area (Å²) in [6.07, 6.45) is 2.73. The molecule has 0 aromatic heterocycles. The minimum absolute atomic E-state index is 0.0535. The lowest BCUT2D eigenvalue weighted by molar-refractivity contribution is -0.148. The van der Waals surface area contributed by atoms with Gasteiger partial charge in [-0.2, -0.15) is 0 Å². The maximum Gasteiger partial charge on any atom is 0.332 e. The third-order valence-electron chi connectivity index (χ3n) is 7.57. The summed E-state index contributed by atoms with van der Waals surface area (Å²) in [5.74, 6) is -1.73. The van der Waals surface area contributed by atoms with E-state index in [-0.39, 0.29) is 49.7 Å². The van der Waals surface area contributed by atoms with Crippen LogP contribution in [0.25, 0.3) is 5.57 Å². The fourth-order valence-corrected chi connectivity index (χ4v) is 5.84. The van der Waals surface area contributed by atoms with E-state index in [1.807, 2.05) is 30.0 Å². The van der Waals surface area contributed by atoms with Gasteiger partial charge in [-0.3, -0.25) is 4.90 Å². The molecule has 6 nitrogen and oxygen atoms in total. The minimum Gasteiger partial charge on any atom is -0.491 e. The lowest BCUT2D eigenvalue weighted by Gasteiger charge is -2.44. The zero-order valence-corrected chi connectivity index (χ0v) is 25.0. The third-order valence-corrected chi connectivity index (χ3v) is 7.57. The van der Waals surface area contributed by atoms with Crippen LogP contribution in [0.2, 0.25) is 0 Å². The quantitative estimate of drug-likeness (QED) is 0.172. The molecule has 0 fully saturated rings. The molecule has 42 heavy (non-hydrogen) atoms. The number of alkyl halides is 1. The van der Waals surface area contributed by atoms with Crippen molar-refractivity contribution in [2.75, 3.05) is 46.2 Å². The van der Waals surface area contributed by atoms with E-state index in [9.17, 15) is 9.18 Å². The van der Waals surface area contributed by atoms with Gasteiger partial charge in [0.05, 0.1) is 19.3 Å². The van der Waals surface area contributed by atoms with Crippen LogP contribution in [0.4, 0.5) is 13.2 Å². The molecule has 0 amide bonds. The predicted octanol–water partition coefficient (Wildman–Crippen LogP) is 6.61. The lowest BCUT2D eigenvalue weighted by Crippen LogP contribution is -2.47. The first-order valence-corrected chi connectivity index (χ1v) is 14.8. The zero-order chi connectivity index (χ0) is 30.3. The molecule has 0 bridgehead atoms. The van der Waals surface area contributed by atoms with Crippen molar-refractivity contribution < 1.29 is 36.9 Å². The van der Waals surface area contributed by atoms with Crippen molar-refractivity contribution in [3.63, 3.8) is 0 Å². The van der Waals surface area contributed by atoms with Crippen molar-refractivity contribution in [3.05, 3.63) is 70.3 Å². The van der Waals surface area contributed by atoms with Crippen LogP contribution in [-0.2, 0) is 25.4 Å². The molecular weight excluding hydrogens is 547 g/mol. The third kappa shape index (κ3) is 8.14. The molecular formula is C33H42F3NO5. The molecule has 2 aliphatic rings. The highest BCUT2D eigenvalue weighted by Gasteiger charge is 2.42. The van der Waals surface area contributed by atoms with Gasteiger partial charge in [0.2, 0.25) is 0 Å². The normalized spacial score (nSPS) is 18.6. The van der Waals surface area contributed by atoms with Crippen LogP contribution in [0.1, 0.15) is 69.7 Å². The van der Waals surface area contributed by atoms with E-state index in [0.29, 0.717) is 32.7 Å². The number of esters is 1. The zero-order valence-electron chi connectivity index (χ0n) is 25.0. The molecule has 1 aliphatic heterocycles. The van der Waals surface area contributed by atoms with E-state index in [0.717, 1.165) is 35.1 Å². The van der Waals surface area contributed by atoms with Crippen molar-refractivity contribution in [3.8, 4) is 5.75 Å². The number of unbranched alkanes of at least 4 members (excludes halogenated alkanes) is 1. The van der Waals surface area contributed by atoms with Gasteiger partial charge in [-0.05, 0) is 75.7 Å². The molecule has 1 aliphatic carbocycles. The summed E-state index contributed by atoms with van der Waals surface area (Å²) < 4.78 is 67.6. The molecule has 2 aromatic carbocycles. The second kappa shape index (κ2) is 14.5. The van der Waals surface area contributed by atoms with E-state index in [2.05, 4.69) is 6.07 Å². The maximum absolute atomic E-state index is 15.8. The number of benzene rings is 2. The van der Waals surface area contributed by atoms with E-state index in [4.69, 9.17) is 18.9 Å². The Kier molecular flexibility index (Phi) is 11.1. The minimum atomic E-state index is -1.54. The number of hydrogen-bond acceptors (Lipinski definition) is 6. The van der Waals surface area contributed by atoms with Gasteiger partial charge in [0.25, 0.3) is 0 Å². The van der Waals surface area contributed by atoms with Gasteiger partial charge in [0.1, 0.15) is 36.3 Å². The summed E-state index contributed by atoms with van der Waals surface area (Å²) in [5, 5.41) is 0. The van der Waals surface area contributed by atoms with Gasteiger partial charge >= 0.3 is 5.97 Å². The van der Waals surface area contributed by atoms with Crippen LogP contribution in [0.5, 0.6) is 5.75 Å². The Labute approximate surface area is 246 Å². The van der Waals surface area contributed by atoms with Crippen LogP contribution in [0.3, 0.4) is 0 Å². The van der Waals surface area contributed by atoms with Crippen molar-refractivity contribution in [1.29, 1.82) is 0 Å². The summed E-state index contributed by atoms with van der Waals surface area (Å²) in [7, 11) is 0. The number of rotatable bonds is 15. The van der Waals surface area contributed by atoms with Gasteiger partial charge in [0.15, 0.2) is 0 Å². The average molecular weight is 590 g/mol. The van der Waals surface area contributed by atoms with E-state index >= 15 is 8.78 Å². The van der Waals surface area contributed by atoms with Gasteiger partial charge in [-0.1, -0.05) is 24.3 Å². The molecule has 0 unspecified atom stereocenters. The van der Waals surface area contributed by atoms with E-state index in [1.165, 1.54) is 26.0 Å². The molecule has 9 heteroatoms. The fourth-order valence-electron chi connectivity index (χ4n) is 5.84. The Morgan fingerprint density at radius 3 is 2.40 bits per heavy atom. The Bertz CT molecular complexity index is 1240. The molecule has 0 saturated heterocycles. The van der Waals surface area contributed by atoms with E-state index in [1.54, 1.807) is 6.92 Å². The van der Waals surface area contributed by atoms with E-state index < -0.39 is 23.3 Å². The molecule has 4 rings (SSSR count).